The maximum atomic E-state index is 11.8. The van der Waals surface area contributed by atoms with E-state index in [4.69, 9.17) is 0 Å². The van der Waals surface area contributed by atoms with Crippen LogP contribution in [-0.2, 0) is 0 Å². The molecule has 0 saturated heterocycles. The van der Waals surface area contributed by atoms with Gasteiger partial charge in [-0.25, -0.2) is 0 Å². The summed E-state index contributed by atoms with van der Waals surface area (Å²) in [4.78, 5) is 23.6. The molecule has 0 aromatic heterocycles. The quantitative estimate of drug-likeness (QED) is 0.430. The topological polar surface area (TPSA) is 34.1 Å². The van der Waals surface area contributed by atoms with Crippen LogP contribution in [0.2, 0.25) is 0 Å². The molecule has 0 aliphatic carbocycles. The molecule has 0 saturated carbocycles. The van der Waals surface area contributed by atoms with Gasteiger partial charge in [-0.1, -0.05) is 0 Å². The Labute approximate surface area is 134 Å². The molecule has 2 nitrogen and oxygen atoms in total. The van der Waals surface area contributed by atoms with Gasteiger partial charge in [0, 0.05) is 0 Å². The van der Waals surface area contributed by atoms with E-state index in [2.05, 4.69) is 0 Å². The molecule has 0 atom stereocenters. The molecule has 0 fully saturated rings. The van der Waals surface area contributed by atoms with Gasteiger partial charge in [-0.2, -0.15) is 0 Å². The van der Waals surface area contributed by atoms with Crippen LogP contribution < -0.4 is 0 Å². The number of ketones is 2. The van der Waals surface area contributed by atoms with Crippen molar-refractivity contribution in [3.63, 3.8) is 0 Å². The van der Waals surface area contributed by atoms with E-state index in [9.17, 15) is 9.59 Å². The van der Waals surface area contributed by atoms with Crippen molar-refractivity contribution < 1.29 is 9.59 Å². The molecular weight excluding hydrogens is 376 g/mol. The normalized spacial score (nSPS) is 11.0. The van der Waals surface area contributed by atoms with Gasteiger partial charge in [-0.3, -0.25) is 0 Å². The molecule has 0 heterocycles. The van der Waals surface area contributed by atoms with Gasteiger partial charge in [0.15, 0.2) is 0 Å². The first-order valence-electron chi connectivity index (χ1n) is 6.45. The number of hydrogen-bond acceptors (Lipinski definition) is 2. The van der Waals surface area contributed by atoms with Crippen LogP contribution in [0.5, 0.6) is 0 Å². The average molecular weight is 390 g/mol. The van der Waals surface area contributed by atoms with Crippen molar-refractivity contribution in [1.82, 2.24) is 0 Å². The molecular formula is C18H14O2Te. The van der Waals surface area contributed by atoms with E-state index in [1.165, 1.54) is 0 Å². The third-order valence-electron chi connectivity index (χ3n) is 2.71. The van der Waals surface area contributed by atoms with E-state index in [-0.39, 0.29) is 11.6 Å². The molecule has 0 amide bonds. The molecule has 2 aromatic carbocycles. The molecule has 104 valence electrons. The second-order valence-corrected chi connectivity index (χ2v) is 6.53. The summed E-state index contributed by atoms with van der Waals surface area (Å²) in [5.74, 6) is 0.00646. The zero-order valence-corrected chi connectivity index (χ0v) is 13.6. The molecule has 3 heteroatoms. The summed E-state index contributed by atoms with van der Waals surface area (Å²) in [7, 11) is 0. The van der Waals surface area contributed by atoms with Crippen LogP contribution in [0.1, 0.15) is 20.7 Å². The average Bonchev–Trinajstić information content (AvgIpc) is 2.55. The fraction of sp³-hybridized carbons (Fsp3) is 0. The standard InChI is InChI=1S/C18H14O2Te/c19-17(15-7-3-1-4-8-15)11-13-21-14-12-18(20)16-9-5-2-6-10-16/h1-14H/b13-11-,14-12-. The number of carbonyl (C=O) groups excluding carboxylic acids is 2. The van der Waals surface area contributed by atoms with Crippen LogP contribution >= 0.6 is 0 Å². The predicted molar refractivity (Wildman–Crippen MR) is 85.6 cm³/mol. The van der Waals surface area contributed by atoms with Gasteiger partial charge in [-0.05, 0) is 0 Å². The maximum absolute atomic E-state index is 11.8. The first-order valence-corrected chi connectivity index (χ1v) is 9.14. The first-order chi connectivity index (χ1) is 10.3. The second-order valence-electron chi connectivity index (χ2n) is 4.20. The van der Waals surface area contributed by atoms with Crippen LogP contribution in [0.25, 0.3) is 0 Å². The van der Waals surface area contributed by atoms with Gasteiger partial charge in [0.1, 0.15) is 0 Å². The SMILES string of the molecule is O=C(/C=C\[Te]/C=C\C(=O)c1ccccc1)c1ccccc1. The molecule has 2 aromatic rings. The Balaban J connectivity index is 1.84. The van der Waals surface area contributed by atoms with Gasteiger partial charge < -0.3 is 0 Å². The molecule has 2 rings (SSSR count). The first kappa shape index (κ1) is 15.4. The van der Waals surface area contributed by atoms with Crippen molar-refractivity contribution in [2.75, 3.05) is 0 Å². The third kappa shape index (κ3) is 5.15. The van der Waals surface area contributed by atoms with Crippen molar-refractivity contribution in [1.29, 1.82) is 0 Å². The van der Waals surface area contributed by atoms with Crippen LogP contribution in [0.3, 0.4) is 0 Å². The Morgan fingerprint density at radius 2 is 1.05 bits per heavy atom. The van der Waals surface area contributed by atoms with E-state index in [0.717, 1.165) is 0 Å². The van der Waals surface area contributed by atoms with Crippen molar-refractivity contribution in [2.45, 2.75) is 0 Å². The Kier molecular flexibility index (Phi) is 6.15. The van der Waals surface area contributed by atoms with E-state index < -0.39 is 20.9 Å². The zero-order chi connectivity index (χ0) is 14.9. The Bertz CT molecular complexity index is 599. The number of carbonyl (C=O) groups is 2. The van der Waals surface area contributed by atoms with Crippen molar-refractivity contribution >= 4 is 32.5 Å². The molecule has 0 spiro atoms. The summed E-state index contributed by atoms with van der Waals surface area (Å²) in [6, 6.07) is 18.3. The van der Waals surface area contributed by atoms with E-state index in [1.54, 1.807) is 36.4 Å². The summed E-state index contributed by atoms with van der Waals surface area (Å²) in [6.45, 7) is 0. The van der Waals surface area contributed by atoms with Gasteiger partial charge in [0.2, 0.25) is 0 Å². The summed E-state index contributed by atoms with van der Waals surface area (Å²) in [5, 5.41) is 0. The molecule has 0 aliphatic rings. The Hall–Kier alpha value is -1.95. The monoisotopic (exact) mass is 392 g/mol. The number of allylic oxidation sites excluding steroid dienone is 2. The van der Waals surface area contributed by atoms with E-state index >= 15 is 0 Å². The van der Waals surface area contributed by atoms with Crippen molar-refractivity contribution in [2.24, 2.45) is 0 Å². The van der Waals surface area contributed by atoms with Gasteiger partial charge >= 0.3 is 134 Å². The molecule has 0 N–H and O–H groups in total. The zero-order valence-electron chi connectivity index (χ0n) is 11.3. The third-order valence-corrected chi connectivity index (χ3v) is 4.39. The van der Waals surface area contributed by atoms with Crippen molar-refractivity contribution in [3.05, 3.63) is 92.2 Å². The molecule has 0 bridgehead atoms. The van der Waals surface area contributed by atoms with Gasteiger partial charge in [-0.15, -0.1) is 0 Å². The predicted octanol–water partition coefficient (Wildman–Crippen LogP) is 3.48. The number of rotatable bonds is 6. The summed E-state index contributed by atoms with van der Waals surface area (Å²) < 4.78 is 3.77. The molecule has 21 heavy (non-hydrogen) atoms. The van der Waals surface area contributed by atoms with E-state index in [1.807, 2.05) is 44.6 Å². The fourth-order valence-electron chi connectivity index (χ4n) is 1.64. The van der Waals surface area contributed by atoms with E-state index in [0.29, 0.717) is 11.1 Å². The number of benzene rings is 2. The van der Waals surface area contributed by atoms with Crippen LogP contribution in [-0.4, -0.2) is 32.5 Å². The molecule has 0 aliphatic heterocycles. The molecule has 0 unspecified atom stereocenters. The minimum atomic E-state index is -0.608. The summed E-state index contributed by atoms with van der Waals surface area (Å²) in [5.41, 5.74) is 1.37. The van der Waals surface area contributed by atoms with Crippen LogP contribution in [0.4, 0.5) is 0 Å². The Morgan fingerprint density at radius 3 is 1.43 bits per heavy atom. The van der Waals surface area contributed by atoms with Gasteiger partial charge in [0.25, 0.3) is 0 Å². The Morgan fingerprint density at radius 1 is 0.667 bits per heavy atom. The fourth-order valence-corrected chi connectivity index (χ4v) is 3.06. The summed E-state index contributed by atoms with van der Waals surface area (Å²) in [6.07, 6.45) is 3.18. The second kappa shape index (κ2) is 8.36. The van der Waals surface area contributed by atoms with Crippen LogP contribution in [0, 0.1) is 0 Å². The molecule has 0 radical (unpaired) electrons. The minimum absolute atomic E-state index is 0.00323. The van der Waals surface area contributed by atoms with Crippen molar-refractivity contribution in [3.8, 4) is 0 Å². The number of hydrogen-bond donors (Lipinski definition) is 0. The van der Waals surface area contributed by atoms with Gasteiger partial charge in [0.05, 0.1) is 0 Å². The summed E-state index contributed by atoms with van der Waals surface area (Å²) >= 11 is -0.608. The van der Waals surface area contributed by atoms with Crippen LogP contribution in [0.15, 0.2) is 81.1 Å².